The fourth-order valence-corrected chi connectivity index (χ4v) is 7.82. The maximum Gasteiger partial charge on any atom is -0.0162 e. The van der Waals surface area contributed by atoms with Crippen LogP contribution < -0.4 is 0 Å². The molecule has 0 nitrogen and oxygen atoms in total. The third-order valence-electron chi connectivity index (χ3n) is 9.98. The summed E-state index contributed by atoms with van der Waals surface area (Å²) in [6, 6.07) is 9.89. The van der Waals surface area contributed by atoms with Crippen LogP contribution in [0.25, 0.3) is 0 Å². The highest BCUT2D eigenvalue weighted by Gasteiger charge is 2.30. The molecule has 0 heteroatoms. The minimum atomic E-state index is 0.837. The minimum Gasteiger partial charge on any atom is -0.0654 e. The van der Waals surface area contributed by atoms with Crippen molar-refractivity contribution in [2.24, 2.45) is 29.6 Å². The van der Waals surface area contributed by atoms with Gasteiger partial charge in [-0.2, -0.15) is 0 Å². The molecule has 0 N–H and O–H groups in total. The standard InChI is InChI=1S/C32H52/c1-3-5-25-9-17-29(18-10-25)31-21-13-27(14-22-31)7-8-28-15-23-32(24-16-28)30-19-11-26(6-4-2)12-20-30/h13-14,21-22,25-26,28-30,32H,3-12,15-20,23-24H2,1-2H3/t25-,26-,28-,29-,30-,32-. The van der Waals surface area contributed by atoms with Crippen molar-refractivity contribution in [2.45, 2.75) is 135 Å². The Labute approximate surface area is 200 Å². The average molecular weight is 437 g/mol. The van der Waals surface area contributed by atoms with Gasteiger partial charge in [0.1, 0.15) is 0 Å². The second kappa shape index (κ2) is 12.6. The number of hydrogen-bond donors (Lipinski definition) is 0. The molecule has 4 rings (SSSR count). The van der Waals surface area contributed by atoms with E-state index in [0.29, 0.717) is 0 Å². The molecule has 32 heavy (non-hydrogen) atoms. The zero-order valence-electron chi connectivity index (χ0n) is 21.5. The van der Waals surface area contributed by atoms with E-state index < -0.39 is 0 Å². The van der Waals surface area contributed by atoms with Crippen LogP contribution in [0, 0.1) is 29.6 Å². The van der Waals surface area contributed by atoms with Crippen LogP contribution in [0.15, 0.2) is 24.3 Å². The molecular weight excluding hydrogens is 384 g/mol. The van der Waals surface area contributed by atoms with Crippen molar-refractivity contribution in [2.75, 3.05) is 0 Å². The molecule has 0 atom stereocenters. The van der Waals surface area contributed by atoms with Gasteiger partial charge in [0.05, 0.1) is 0 Å². The summed E-state index contributed by atoms with van der Waals surface area (Å²) in [5.74, 6) is 6.06. The van der Waals surface area contributed by atoms with E-state index in [1.165, 1.54) is 103 Å². The molecule has 180 valence electrons. The molecule has 0 heterocycles. The van der Waals surface area contributed by atoms with Crippen molar-refractivity contribution in [3.63, 3.8) is 0 Å². The maximum absolute atomic E-state index is 2.48. The zero-order chi connectivity index (χ0) is 22.2. The maximum atomic E-state index is 2.48. The Balaban J connectivity index is 1.14. The Hall–Kier alpha value is -0.780. The lowest BCUT2D eigenvalue weighted by Crippen LogP contribution is -2.26. The molecule has 3 saturated carbocycles. The van der Waals surface area contributed by atoms with Gasteiger partial charge in [-0.25, -0.2) is 0 Å². The fraction of sp³-hybridized carbons (Fsp3) is 0.812. The summed E-state index contributed by atoms with van der Waals surface area (Å²) in [6.07, 6.45) is 26.5. The number of benzene rings is 1. The van der Waals surface area contributed by atoms with E-state index in [4.69, 9.17) is 0 Å². The normalized spacial score (nSPS) is 33.8. The van der Waals surface area contributed by atoms with Crippen LogP contribution in [-0.2, 0) is 6.42 Å². The first kappa shape index (κ1) is 24.3. The molecule has 3 fully saturated rings. The Morgan fingerprint density at radius 1 is 0.531 bits per heavy atom. The van der Waals surface area contributed by atoms with Crippen LogP contribution in [0.5, 0.6) is 0 Å². The van der Waals surface area contributed by atoms with Gasteiger partial charge in [-0.3, -0.25) is 0 Å². The lowest BCUT2D eigenvalue weighted by atomic mass is 9.68. The Morgan fingerprint density at radius 3 is 1.44 bits per heavy atom. The summed E-state index contributed by atoms with van der Waals surface area (Å²) in [5, 5.41) is 0. The van der Waals surface area contributed by atoms with Gasteiger partial charge in [-0.05, 0) is 111 Å². The first-order chi connectivity index (χ1) is 15.7. The molecule has 0 radical (unpaired) electrons. The van der Waals surface area contributed by atoms with Gasteiger partial charge in [-0.1, -0.05) is 89.5 Å². The lowest BCUT2D eigenvalue weighted by Gasteiger charge is -2.38. The lowest BCUT2D eigenvalue weighted by molar-refractivity contribution is 0.141. The van der Waals surface area contributed by atoms with Gasteiger partial charge >= 0.3 is 0 Å². The second-order valence-electron chi connectivity index (χ2n) is 12.1. The van der Waals surface area contributed by atoms with Crippen molar-refractivity contribution < 1.29 is 0 Å². The predicted octanol–water partition coefficient (Wildman–Crippen LogP) is 10.1. The zero-order valence-corrected chi connectivity index (χ0v) is 21.5. The van der Waals surface area contributed by atoms with E-state index in [2.05, 4.69) is 38.1 Å². The molecular formula is C32H52. The van der Waals surface area contributed by atoms with Crippen molar-refractivity contribution in [1.29, 1.82) is 0 Å². The highest BCUT2D eigenvalue weighted by Crippen LogP contribution is 2.43. The highest BCUT2D eigenvalue weighted by atomic mass is 14.4. The monoisotopic (exact) mass is 436 g/mol. The van der Waals surface area contributed by atoms with Gasteiger partial charge in [-0.15, -0.1) is 0 Å². The molecule has 1 aromatic rings. The largest absolute Gasteiger partial charge is 0.0654 e. The third kappa shape index (κ3) is 6.87. The van der Waals surface area contributed by atoms with Crippen molar-refractivity contribution in [3.05, 3.63) is 35.4 Å². The Bertz CT molecular complexity index is 619. The molecule has 0 bridgehead atoms. The quantitative estimate of drug-likeness (QED) is 0.361. The highest BCUT2D eigenvalue weighted by molar-refractivity contribution is 5.26. The average Bonchev–Trinajstić information content (AvgIpc) is 2.85. The van der Waals surface area contributed by atoms with Gasteiger partial charge in [0.15, 0.2) is 0 Å². The van der Waals surface area contributed by atoms with E-state index in [1.807, 2.05) is 0 Å². The molecule has 0 aliphatic heterocycles. The minimum absolute atomic E-state index is 0.837. The second-order valence-corrected chi connectivity index (χ2v) is 12.1. The number of rotatable bonds is 9. The summed E-state index contributed by atoms with van der Waals surface area (Å²) in [7, 11) is 0. The summed E-state index contributed by atoms with van der Waals surface area (Å²) in [5.41, 5.74) is 3.21. The first-order valence-corrected chi connectivity index (χ1v) is 14.8. The van der Waals surface area contributed by atoms with Crippen molar-refractivity contribution >= 4 is 0 Å². The Morgan fingerprint density at radius 2 is 0.969 bits per heavy atom. The van der Waals surface area contributed by atoms with Gasteiger partial charge in [0.2, 0.25) is 0 Å². The van der Waals surface area contributed by atoms with Crippen molar-refractivity contribution in [3.8, 4) is 0 Å². The third-order valence-corrected chi connectivity index (χ3v) is 9.98. The molecule has 0 spiro atoms. The Kier molecular flexibility index (Phi) is 9.60. The SMILES string of the molecule is CCC[C@H]1CC[C@H](c2ccc(CC[C@H]3CC[C@H]([C@H]4CC[C@H](CCC)CC4)CC3)cc2)CC1. The van der Waals surface area contributed by atoms with Gasteiger partial charge < -0.3 is 0 Å². The van der Waals surface area contributed by atoms with E-state index in [1.54, 1.807) is 24.0 Å². The van der Waals surface area contributed by atoms with Crippen molar-refractivity contribution in [1.82, 2.24) is 0 Å². The predicted molar refractivity (Wildman–Crippen MR) is 140 cm³/mol. The van der Waals surface area contributed by atoms with E-state index in [0.717, 1.165) is 35.5 Å². The molecule has 3 aliphatic carbocycles. The summed E-state index contributed by atoms with van der Waals surface area (Å²) < 4.78 is 0. The molecule has 0 amide bonds. The van der Waals surface area contributed by atoms with Crippen LogP contribution in [0.2, 0.25) is 0 Å². The fourth-order valence-electron chi connectivity index (χ4n) is 7.82. The van der Waals surface area contributed by atoms with Crippen LogP contribution in [0.1, 0.15) is 140 Å². The molecule has 3 aliphatic rings. The van der Waals surface area contributed by atoms with Gasteiger partial charge in [0.25, 0.3) is 0 Å². The van der Waals surface area contributed by atoms with E-state index in [-0.39, 0.29) is 0 Å². The van der Waals surface area contributed by atoms with Crippen LogP contribution in [0.3, 0.4) is 0 Å². The summed E-state index contributed by atoms with van der Waals surface area (Å²) in [4.78, 5) is 0. The number of hydrogen-bond acceptors (Lipinski definition) is 0. The smallest absolute Gasteiger partial charge is 0.0162 e. The van der Waals surface area contributed by atoms with Crippen LogP contribution >= 0.6 is 0 Å². The van der Waals surface area contributed by atoms with Crippen LogP contribution in [0.4, 0.5) is 0 Å². The van der Waals surface area contributed by atoms with E-state index in [9.17, 15) is 0 Å². The van der Waals surface area contributed by atoms with E-state index >= 15 is 0 Å². The number of aryl methyl sites for hydroxylation is 1. The van der Waals surface area contributed by atoms with Gasteiger partial charge in [0, 0.05) is 0 Å². The summed E-state index contributed by atoms with van der Waals surface area (Å²) in [6.45, 7) is 4.70. The topological polar surface area (TPSA) is 0 Å². The molecule has 0 aromatic heterocycles. The molecule has 0 saturated heterocycles. The molecule has 0 unspecified atom stereocenters. The van der Waals surface area contributed by atoms with Crippen LogP contribution in [-0.4, -0.2) is 0 Å². The molecule has 1 aromatic carbocycles. The summed E-state index contributed by atoms with van der Waals surface area (Å²) >= 11 is 0. The first-order valence-electron chi connectivity index (χ1n) is 14.8.